The smallest absolute Gasteiger partial charge is 0.0720 e. The molecule has 0 saturated carbocycles. The minimum atomic E-state index is -0.610. The van der Waals surface area contributed by atoms with E-state index in [-0.39, 0.29) is 11.8 Å². The Kier molecular flexibility index (Phi) is 7.89. The Morgan fingerprint density at radius 2 is 0.807 bits per heavy atom. The highest BCUT2D eigenvalue weighted by atomic mass is 15.1. The number of anilines is 6. The van der Waals surface area contributed by atoms with E-state index in [1.165, 1.54) is 50.2 Å². The highest BCUT2D eigenvalue weighted by Gasteiger charge is 2.52. The first-order chi connectivity index (χ1) is 28.3. The van der Waals surface area contributed by atoms with Crippen molar-refractivity contribution < 1.29 is 0 Å². The monoisotopic (exact) mass is 728 g/mol. The van der Waals surface area contributed by atoms with Gasteiger partial charge in [-0.2, -0.15) is 0 Å². The van der Waals surface area contributed by atoms with E-state index in [1.807, 2.05) is 0 Å². The molecule has 0 radical (unpaired) electrons. The third-order valence-corrected chi connectivity index (χ3v) is 12.3. The lowest BCUT2D eigenvalue weighted by atomic mass is 9.66. The van der Waals surface area contributed by atoms with Gasteiger partial charge in [0.05, 0.1) is 11.1 Å². The van der Waals surface area contributed by atoms with E-state index in [0.29, 0.717) is 0 Å². The number of hydrogen-bond donors (Lipinski definition) is 0. The summed E-state index contributed by atoms with van der Waals surface area (Å²) >= 11 is 0. The number of rotatable bonds is 6. The molecule has 3 unspecified atom stereocenters. The van der Waals surface area contributed by atoms with E-state index >= 15 is 0 Å². The van der Waals surface area contributed by atoms with E-state index in [9.17, 15) is 0 Å². The Morgan fingerprint density at radius 3 is 1.40 bits per heavy atom. The van der Waals surface area contributed by atoms with Crippen molar-refractivity contribution in [1.82, 2.24) is 0 Å². The van der Waals surface area contributed by atoms with Gasteiger partial charge in [-0.25, -0.2) is 0 Å². The molecule has 57 heavy (non-hydrogen) atoms. The van der Waals surface area contributed by atoms with Crippen LogP contribution in [0.5, 0.6) is 0 Å². The summed E-state index contributed by atoms with van der Waals surface area (Å²) in [5.74, 6) is 0.366. The summed E-state index contributed by atoms with van der Waals surface area (Å²) in [6, 6.07) is 76.0. The Morgan fingerprint density at radius 1 is 0.333 bits per heavy atom. The zero-order chi connectivity index (χ0) is 37.8. The van der Waals surface area contributed by atoms with Crippen LogP contribution in [0.25, 0.3) is 11.1 Å². The quantitative estimate of drug-likeness (QED) is 0.168. The van der Waals surface area contributed by atoms with Crippen LogP contribution in [0.2, 0.25) is 0 Å². The lowest BCUT2D eigenvalue weighted by Crippen LogP contribution is -2.30. The summed E-state index contributed by atoms with van der Waals surface area (Å²) in [5.41, 5.74) is 16.8. The molecule has 0 bridgehead atoms. The minimum Gasteiger partial charge on any atom is -0.310 e. The fourth-order valence-corrected chi connectivity index (χ4v) is 10.0. The molecule has 8 aromatic carbocycles. The SMILES string of the molecule is C1=CC2c3ccccc3C3(c4ccccc4-c4c(N(c5ccccc5)c5ccccc5)cccc43)c3cc(N(c4ccccc4)c4ccccc4)ccc3C2C=C1. The number of allylic oxidation sites excluding steroid dienone is 4. The van der Waals surface area contributed by atoms with Crippen LogP contribution in [0.15, 0.2) is 231 Å². The number of hydrogen-bond acceptors (Lipinski definition) is 2. The molecule has 2 nitrogen and oxygen atoms in total. The molecule has 8 aromatic rings. The maximum absolute atomic E-state index is 2.52. The largest absolute Gasteiger partial charge is 0.310 e. The van der Waals surface area contributed by atoms with Crippen LogP contribution >= 0.6 is 0 Å². The van der Waals surface area contributed by atoms with Crippen LogP contribution in [0, 0.1) is 0 Å². The molecule has 0 saturated heterocycles. The molecule has 270 valence electrons. The van der Waals surface area contributed by atoms with Gasteiger partial charge < -0.3 is 9.80 Å². The van der Waals surface area contributed by atoms with Crippen LogP contribution in [-0.4, -0.2) is 0 Å². The third kappa shape index (κ3) is 5.11. The molecule has 3 atom stereocenters. The molecule has 3 aliphatic rings. The summed E-state index contributed by atoms with van der Waals surface area (Å²) < 4.78 is 0. The van der Waals surface area contributed by atoms with Crippen molar-refractivity contribution in [2.75, 3.05) is 9.80 Å². The first-order valence-corrected chi connectivity index (χ1v) is 19.9. The number of nitrogens with zero attached hydrogens (tertiary/aromatic N) is 2. The van der Waals surface area contributed by atoms with Crippen molar-refractivity contribution in [1.29, 1.82) is 0 Å². The maximum atomic E-state index is 2.52. The van der Waals surface area contributed by atoms with Crippen LogP contribution < -0.4 is 9.80 Å². The Labute approximate surface area is 335 Å². The van der Waals surface area contributed by atoms with Crippen LogP contribution in [-0.2, 0) is 5.41 Å². The summed E-state index contributed by atoms with van der Waals surface area (Å²) in [4.78, 5) is 4.84. The van der Waals surface area contributed by atoms with Gasteiger partial charge in [-0.15, -0.1) is 0 Å². The number of fused-ring (bicyclic) bond motifs is 12. The van der Waals surface area contributed by atoms with Gasteiger partial charge in [0.25, 0.3) is 0 Å². The fourth-order valence-electron chi connectivity index (χ4n) is 10.0. The predicted molar refractivity (Wildman–Crippen MR) is 237 cm³/mol. The lowest BCUT2D eigenvalue weighted by Gasteiger charge is -2.37. The second-order valence-corrected chi connectivity index (χ2v) is 15.2. The van der Waals surface area contributed by atoms with E-state index in [2.05, 4.69) is 240 Å². The summed E-state index contributed by atoms with van der Waals surface area (Å²) in [6.07, 6.45) is 9.33. The van der Waals surface area contributed by atoms with Gasteiger partial charge in [0, 0.05) is 45.8 Å². The first-order valence-electron chi connectivity index (χ1n) is 19.9. The van der Waals surface area contributed by atoms with Gasteiger partial charge in [-0.1, -0.05) is 164 Å². The molecule has 0 aliphatic heterocycles. The molecule has 11 rings (SSSR count). The zero-order valence-corrected chi connectivity index (χ0v) is 31.5. The second kappa shape index (κ2) is 13.5. The Hall–Kier alpha value is -7.16. The lowest BCUT2D eigenvalue weighted by molar-refractivity contribution is 0.732. The van der Waals surface area contributed by atoms with Gasteiger partial charge >= 0.3 is 0 Å². The van der Waals surface area contributed by atoms with E-state index in [0.717, 1.165) is 28.4 Å². The Balaban J connectivity index is 1.27. The van der Waals surface area contributed by atoms with Crippen molar-refractivity contribution in [2.45, 2.75) is 17.3 Å². The summed E-state index contributed by atoms with van der Waals surface area (Å²) in [7, 11) is 0. The predicted octanol–water partition coefficient (Wildman–Crippen LogP) is 14.3. The van der Waals surface area contributed by atoms with Crippen molar-refractivity contribution in [3.63, 3.8) is 0 Å². The molecular weight excluding hydrogens is 689 g/mol. The average molecular weight is 729 g/mol. The molecule has 0 aromatic heterocycles. The fraction of sp³-hybridized carbons (Fsp3) is 0.0545. The normalized spacial score (nSPS) is 18.1. The molecule has 1 spiro atoms. The van der Waals surface area contributed by atoms with E-state index < -0.39 is 5.41 Å². The molecular formula is C55H40N2. The van der Waals surface area contributed by atoms with Gasteiger partial charge in [0.1, 0.15) is 0 Å². The highest BCUT2D eigenvalue weighted by molar-refractivity contribution is 5.98. The van der Waals surface area contributed by atoms with E-state index in [1.54, 1.807) is 0 Å². The van der Waals surface area contributed by atoms with Crippen molar-refractivity contribution in [3.05, 3.63) is 264 Å². The zero-order valence-electron chi connectivity index (χ0n) is 31.5. The number of para-hydroxylation sites is 4. The minimum absolute atomic E-state index is 0.172. The first kappa shape index (κ1) is 33.2. The standard InChI is InChI=1S/C55H40N2/c1-5-20-39(21-6-1)56(40-22-7-2-8-23-40)43-36-37-47-45-29-14-13-28-44(45)46-30-15-17-32-49(46)55(52(47)38-43)50-33-18-16-31-48(50)54-51(55)34-19-35-53(54)57(41-24-9-3-10-25-41)42-26-11-4-12-27-42/h1-38,44-45H. The molecule has 0 N–H and O–H groups in total. The molecule has 0 fully saturated rings. The van der Waals surface area contributed by atoms with Crippen molar-refractivity contribution in [3.8, 4) is 11.1 Å². The van der Waals surface area contributed by atoms with Crippen LogP contribution in [0.3, 0.4) is 0 Å². The Bertz CT molecular complexity index is 2730. The third-order valence-electron chi connectivity index (χ3n) is 12.3. The molecule has 0 amide bonds. The highest BCUT2D eigenvalue weighted by Crippen LogP contribution is 2.64. The van der Waals surface area contributed by atoms with Gasteiger partial charge in [0.15, 0.2) is 0 Å². The topological polar surface area (TPSA) is 6.48 Å². The van der Waals surface area contributed by atoms with Crippen molar-refractivity contribution >= 4 is 34.1 Å². The van der Waals surface area contributed by atoms with Gasteiger partial charge in [-0.05, 0) is 106 Å². The van der Waals surface area contributed by atoms with Gasteiger partial charge in [-0.3, -0.25) is 0 Å². The second-order valence-electron chi connectivity index (χ2n) is 15.2. The van der Waals surface area contributed by atoms with Crippen LogP contribution in [0.1, 0.15) is 45.2 Å². The number of benzene rings is 8. The van der Waals surface area contributed by atoms with Gasteiger partial charge in [0.2, 0.25) is 0 Å². The maximum Gasteiger partial charge on any atom is 0.0720 e. The summed E-state index contributed by atoms with van der Waals surface area (Å²) in [5, 5.41) is 0. The molecule has 0 heterocycles. The molecule has 2 heteroatoms. The van der Waals surface area contributed by atoms with Crippen LogP contribution in [0.4, 0.5) is 34.1 Å². The molecule has 3 aliphatic carbocycles. The average Bonchev–Trinajstić information content (AvgIpc) is 3.54. The van der Waals surface area contributed by atoms with Crippen molar-refractivity contribution in [2.24, 2.45) is 0 Å². The van der Waals surface area contributed by atoms with E-state index in [4.69, 9.17) is 0 Å². The summed E-state index contributed by atoms with van der Waals surface area (Å²) in [6.45, 7) is 0.